The van der Waals surface area contributed by atoms with Crippen molar-refractivity contribution in [2.24, 2.45) is 0 Å². The largest absolute Gasteiger partial charge is 0.374 e. The molecule has 0 bridgehead atoms. The van der Waals surface area contributed by atoms with Gasteiger partial charge in [0.25, 0.3) is 0 Å². The number of nitrogen functional groups attached to an aromatic ring is 1. The van der Waals surface area contributed by atoms with E-state index in [1.807, 2.05) is 6.07 Å². The first kappa shape index (κ1) is 11.0. The van der Waals surface area contributed by atoms with Gasteiger partial charge >= 0.3 is 0 Å². The number of rotatable bonds is 1. The topological polar surface area (TPSA) is 64.7 Å². The van der Waals surface area contributed by atoms with Gasteiger partial charge < -0.3 is 5.73 Å². The molecular formula is C11H14N4S. The summed E-state index contributed by atoms with van der Waals surface area (Å²) in [4.78, 5) is 8.53. The van der Waals surface area contributed by atoms with Crippen molar-refractivity contribution in [3.05, 3.63) is 23.9 Å². The first-order chi connectivity index (χ1) is 7.48. The molecule has 5 heteroatoms. The van der Waals surface area contributed by atoms with Crippen molar-refractivity contribution in [3.63, 3.8) is 0 Å². The van der Waals surface area contributed by atoms with Crippen LogP contribution in [0, 0.1) is 0 Å². The zero-order valence-electron chi connectivity index (χ0n) is 9.56. The van der Waals surface area contributed by atoms with E-state index in [4.69, 9.17) is 5.73 Å². The minimum Gasteiger partial charge on any atom is -0.374 e. The van der Waals surface area contributed by atoms with Crippen LogP contribution in [-0.4, -0.2) is 14.3 Å². The lowest BCUT2D eigenvalue weighted by Gasteiger charge is -2.20. The Balaban J connectivity index is 2.57. The fourth-order valence-corrected chi connectivity index (χ4v) is 1.95. The van der Waals surface area contributed by atoms with E-state index in [-0.39, 0.29) is 5.41 Å². The second kappa shape index (κ2) is 3.83. The Hall–Kier alpha value is -1.49. The molecule has 2 rings (SSSR count). The lowest BCUT2D eigenvalue weighted by molar-refractivity contribution is 0.589. The molecule has 0 unspecified atom stereocenters. The quantitative estimate of drug-likeness (QED) is 0.823. The summed E-state index contributed by atoms with van der Waals surface area (Å²) >= 11 is 1.20. The highest BCUT2D eigenvalue weighted by molar-refractivity contribution is 7.09. The highest BCUT2D eigenvalue weighted by Crippen LogP contribution is 2.30. The van der Waals surface area contributed by atoms with E-state index in [2.05, 4.69) is 41.2 Å². The van der Waals surface area contributed by atoms with Crippen LogP contribution in [0.15, 0.2) is 18.3 Å². The minimum absolute atomic E-state index is 0.0175. The monoisotopic (exact) mass is 234 g/mol. The number of pyridine rings is 1. The summed E-state index contributed by atoms with van der Waals surface area (Å²) in [6.45, 7) is 6.43. The smallest absolute Gasteiger partial charge is 0.200 e. The summed E-state index contributed by atoms with van der Waals surface area (Å²) in [6.07, 6.45) is 1.75. The number of hydrogen-bond acceptors (Lipinski definition) is 5. The van der Waals surface area contributed by atoms with Gasteiger partial charge in [0, 0.05) is 17.7 Å². The van der Waals surface area contributed by atoms with E-state index in [1.54, 1.807) is 6.20 Å². The molecule has 0 aromatic carbocycles. The van der Waals surface area contributed by atoms with Crippen molar-refractivity contribution >= 4 is 16.7 Å². The summed E-state index contributed by atoms with van der Waals surface area (Å²) in [5.74, 6) is 0.619. The summed E-state index contributed by atoms with van der Waals surface area (Å²) in [6, 6.07) is 3.99. The maximum absolute atomic E-state index is 5.59. The predicted molar refractivity (Wildman–Crippen MR) is 66.3 cm³/mol. The molecule has 2 aromatic rings. The van der Waals surface area contributed by atoms with Crippen molar-refractivity contribution in [3.8, 4) is 11.5 Å². The standard InChI is InChI=1S/C11H14N4S/c1-11(2,3)7-5-4-6-13-8(7)9-14-10(12)16-15-9/h4-6H,1-3H3,(H2,12,14,15). The van der Waals surface area contributed by atoms with Gasteiger partial charge in [-0.25, -0.2) is 0 Å². The van der Waals surface area contributed by atoms with Crippen molar-refractivity contribution in [2.45, 2.75) is 26.2 Å². The van der Waals surface area contributed by atoms with Crippen LogP contribution < -0.4 is 5.73 Å². The van der Waals surface area contributed by atoms with Gasteiger partial charge in [-0.05, 0) is 17.0 Å². The molecule has 0 aliphatic heterocycles. The van der Waals surface area contributed by atoms with Crippen LogP contribution in [-0.2, 0) is 5.41 Å². The second-order valence-electron chi connectivity index (χ2n) is 4.61. The third kappa shape index (κ3) is 2.04. The number of nitrogens with two attached hydrogens (primary N) is 1. The lowest BCUT2D eigenvalue weighted by Crippen LogP contribution is -2.13. The van der Waals surface area contributed by atoms with Crippen LogP contribution in [0.1, 0.15) is 26.3 Å². The Morgan fingerprint density at radius 1 is 1.31 bits per heavy atom. The third-order valence-electron chi connectivity index (χ3n) is 2.27. The van der Waals surface area contributed by atoms with Crippen molar-refractivity contribution in [1.82, 2.24) is 14.3 Å². The van der Waals surface area contributed by atoms with Crippen LogP contribution in [0.4, 0.5) is 5.13 Å². The second-order valence-corrected chi connectivity index (χ2v) is 5.39. The van der Waals surface area contributed by atoms with E-state index in [1.165, 1.54) is 11.5 Å². The summed E-state index contributed by atoms with van der Waals surface area (Å²) < 4.78 is 4.20. The first-order valence-corrected chi connectivity index (χ1v) is 5.81. The van der Waals surface area contributed by atoms with Crippen LogP contribution in [0.2, 0.25) is 0 Å². The summed E-state index contributed by atoms with van der Waals surface area (Å²) in [5.41, 5.74) is 7.56. The van der Waals surface area contributed by atoms with Crippen molar-refractivity contribution < 1.29 is 0 Å². The molecule has 0 radical (unpaired) electrons. The molecule has 0 amide bonds. The van der Waals surface area contributed by atoms with Crippen molar-refractivity contribution in [2.75, 3.05) is 5.73 Å². The van der Waals surface area contributed by atoms with Gasteiger partial charge in [0.1, 0.15) is 5.69 Å². The molecule has 0 aliphatic carbocycles. The molecule has 84 valence electrons. The SMILES string of the molecule is CC(C)(C)c1cccnc1-c1nsc(N)n1. The Morgan fingerprint density at radius 2 is 2.06 bits per heavy atom. The molecule has 2 N–H and O–H groups in total. The predicted octanol–water partition coefficient (Wildman–Crippen LogP) is 2.48. The molecule has 0 aliphatic rings. The highest BCUT2D eigenvalue weighted by Gasteiger charge is 2.21. The van der Waals surface area contributed by atoms with Crippen LogP contribution in [0.25, 0.3) is 11.5 Å². The van der Waals surface area contributed by atoms with Crippen LogP contribution >= 0.6 is 11.5 Å². The molecule has 0 atom stereocenters. The highest BCUT2D eigenvalue weighted by atomic mass is 32.1. The fourth-order valence-electron chi connectivity index (χ4n) is 1.52. The average molecular weight is 234 g/mol. The van der Waals surface area contributed by atoms with Gasteiger partial charge in [-0.1, -0.05) is 26.8 Å². The van der Waals surface area contributed by atoms with E-state index >= 15 is 0 Å². The summed E-state index contributed by atoms with van der Waals surface area (Å²) in [5, 5.41) is 0.473. The maximum atomic E-state index is 5.59. The van der Waals surface area contributed by atoms with Gasteiger partial charge in [-0.3, -0.25) is 4.98 Å². The maximum Gasteiger partial charge on any atom is 0.200 e. The average Bonchev–Trinajstić information content (AvgIpc) is 2.64. The molecule has 0 saturated carbocycles. The lowest BCUT2D eigenvalue weighted by atomic mass is 9.86. The third-order valence-corrected chi connectivity index (χ3v) is 2.81. The van der Waals surface area contributed by atoms with Gasteiger partial charge in [0.05, 0.1) is 0 Å². The zero-order valence-corrected chi connectivity index (χ0v) is 10.4. The number of aromatic nitrogens is 3. The molecule has 4 nitrogen and oxygen atoms in total. The molecule has 0 spiro atoms. The molecule has 16 heavy (non-hydrogen) atoms. The Kier molecular flexibility index (Phi) is 2.63. The molecule has 0 saturated heterocycles. The van der Waals surface area contributed by atoms with Crippen molar-refractivity contribution in [1.29, 1.82) is 0 Å². The zero-order chi connectivity index (χ0) is 11.8. The number of nitrogens with zero attached hydrogens (tertiary/aromatic N) is 3. The Labute approximate surface area is 98.7 Å². The van der Waals surface area contributed by atoms with Gasteiger partial charge in [-0.15, -0.1) is 0 Å². The van der Waals surface area contributed by atoms with E-state index in [0.717, 1.165) is 11.3 Å². The Bertz CT molecular complexity index is 499. The van der Waals surface area contributed by atoms with Crippen LogP contribution in [0.5, 0.6) is 0 Å². The number of anilines is 1. The van der Waals surface area contributed by atoms with E-state index in [0.29, 0.717) is 11.0 Å². The molecule has 0 fully saturated rings. The normalized spacial score (nSPS) is 11.7. The van der Waals surface area contributed by atoms with Crippen LogP contribution in [0.3, 0.4) is 0 Å². The molecule has 2 aromatic heterocycles. The number of hydrogen-bond donors (Lipinski definition) is 1. The van der Waals surface area contributed by atoms with Gasteiger partial charge in [0.15, 0.2) is 11.0 Å². The first-order valence-electron chi connectivity index (χ1n) is 5.03. The van der Waals surface area contributed by atoms with Gasteiger partial charge in [-0.2, -0.15) is 9.36 Å². The summed E-state index contributed by atoms with van der Waals surface area (Å²) in [7, 11) is 0. The van der Waals surface area contributed by atoms with Gasteiger partial charge in [0.2, 0.25) is 0 Å². The molecule has 2 heterocycles. The Morgan fingerprint density at radius 3 is 2.62 bits per heavy atom. The van der Waals surface area contributed by atoms with E-state index < -0.39 is 0 Å². The minimum atomic E-state index is 0.0175. The molecular weight excluding hydrogens is 220 g/mol. The fraction of sp³-hybridized carbons (Fsp3) is 0.364. The van der Waals surface area contributed by atoms with E-state index in [9.17, 15) is 0 Å².